The van der Waals surface area contributed by atoms with Gasteiger partial charge in [0.25, 0.3) is 0 Å². The fourth-order valence-electron chi connectivity index (χ4n) is 2.56. The van der Waals surface area contributed by atoms with E-state index in [9.17, 15) is 4.79 Å². The zero-order valence-electron chi connectivity index (χ0n) is 12.4. The van der Waals surface area contributed by atoms with Gasteiger partial charge in [0.15, 0.2) is 0 Å². The predicted molar refractivity (Wildman–Crippen MR) is 81.4 cm³/mol. The molecule has 4 nitrogen and oxygen atoms in total. The molecule has 1 fully saturated rings. The van der Waals surface area contributed by atoms with Gasteiger partial charge in [-0.2, -0.15) is 0 Å². The lowest BCUT2D eigenvalue weighted by atomic mass is 10.0. The monoisotopic (exact) mass is 276 g/mol. The van der Waals surface area contributed by atoms with Crippen molar-refractivity contribution in [2.45, 2.75) is 26.2 Å². The molecule has 1 heterocycles. The first-order valence-electron chi connectivity index (χ1n) is 7.35. The highest BCUT2D eigenvalue weighted by molar-refractivity contribution is 5.66. The average Bonchev–Trinajstić information content (AvgIpc) is 2.46. The lowest BCUT2D eigenvalue weighted by molar-refractivity contribution is -0.137. The molecular formula is C16H24N2O2. The first-order chi connectivity index (χ1) is 9.56. The summed E-state index contributed by atoms with van der Waals surface area (Å²) in [5.41, 5.74) is 2.66. The van der Waals surface area contributed by atoms with Gasteiger partial charge in [-0.05, 0) is 23.6 Å². The quantitative estimate of drug-likeness (QED) is 0.897. The number of hydrogen-bond acceptors (Lipinski definition) is 3. The highest BCUT2D eigenvalue weighted by atomic mass is 16.4. The molecule has 0 unspecified atom stereocenters. The van der Waals surface area contributed by atoms with Gasteiger partial charge >= 0.3 is 5.97 Å². The Morgan fingerprint density at radius 2 is 1.95 bits per heavy atom. The van der Waals surface area contributed by atoms with Crippen LogP contribution in [-0.2, 0) is 4.79 Å². The molecule has 0 atom stereocenters. The fraction of sp³-hybridized carbons (Fsp3) is 0.562. The summed E-state index contributed by atoms with van der Waals surface area (Å²) in [6, 6.07) is 8.75. The van der Waals surface area contributed by atoms with Crippen molar-refractivity contribution in [2.24, 2.45) is 0 Å². The molecule has 4 heteroatoms. The van der Waals surface area contributed by atoms with E-state index in [1.807, 2.05) is 0 Å². The van der Waals surface area contributed by atoms with Crippen molar-refractivity contribution >= 4 is 11.7 Å². The van der Waals surface area contributed by atoms with Crippen LogP contribution in [0, 0.1) is 0 Å². The highest BCUT2D eigenvalue weighted by Crippen LogP contribution is 2.22. The van der Waals surface area contributed by atoms with E-state index in [4.69, 9.17) is 5.11 Å². The van der Waals surface area contributed by atoms with Crippen molar-refractivity contribution in [1.29, 1.82) is 0 Å². The van der Waals surface area contributed by atoms with Crippen LogP contribution in [0.15, 0.2) is 24.3 Å². The summed E-state index contributed by atoms with van der Waals surface area (Å²) in [6.07, 6.45) is 0.239. The number of hydrogen-bond donors (Lipinski definition) is 1. The van der Waals surface area contributed by atoms with E-state index in [0.717, 1.165) is 26.2 Å². The number of rotatable bonds is 5. The van der Waals surface area contributed by atoms with Gasteiger partial charge in [-0.3, -0.25) is 9.69 Å². The summed E-state index contributed by atoms with van der Waals surface area (Å²) in [4.78, 5) is 15.2. The molecule has 0 amide bonds. The van der Waals surface area contributed by atoms with Crippen molar-refractivity contribution in [3.63, 3.8) is 0 Å². The number of benzene rings is 1. The van der Waals surface area contributed by atoms with Crippen molar-refractivity contribution in [3.05, 3.63) is 29.8 Å². The summed E-state index contributed by atoms with van der Waals surface area (Å²) in [7, 11) is 0. The maximum absolute atomic E-state index is 10.6. The molecule has 1 aliphatic rings. The van der Waals surface area contributed by atoms with E-state index in [-0.39, 0.29) is 6.42 Å². The molecule has 0 bridgehead atoms. The zero-order chi connectivity index (χ0) is 14.5. The minimum atomic E-state index is -0.711. The third-order valence-electron chi connectivity index (χ3n) is 3.92. The van der Waals surface area contributed by atoms with E-state index in [2.05, 4.69) is 47.9 Å². The van der Waals surface area contributed by atoms with Crippen molar-refractivity contribution in [2.75, 3.05) is 37.6 Å². The number of carboxylic acids is 1. The maximum Gasteiger partial charge on any atom is 0.304 e. The molecule has 0 aliphatic carbocycles. The first-order valence-corrected chi connectivity index (χ1v) is 7.35. The minimum absolute atomic E-state index is 0.239. The molecule has 1 aliphatic heterocycles. The molecule has 0 saturated carbocycles. The smallest absolute Gasteiger partial charge is 0.304 e. The summed E-state index contributed by atoms with van der Waals surface area (Å²) < 4.78 is 0. The second-order valence-electron chi connectivity index (χ2n) is 5.72. The minimum Gasteiger partial charge on any atom is -0.481 e. The van der Waals surface area contributed by atoms with Gasteiger partial charge in [0.2, 0.25) is 0 Å². The van der Waals surface area contributed by atoms with Gasteiger partial charge in [0.1, 0.15) is 0 Å². The molecular weight excluding hydrogens is 252 g/mol. The fourth-order valence-corrected chi connectivity index (χ4v) is 2.56. The van der Waals surface area contributed by atoms with E-state index in [1.54, 1.807) is 0 Å². The number of nitrogens with zero attached hydrogens (tertiary/aromatic N) is 2. The molecule has 0 aromatic heterocycles. The molecule has 1 aromatic rings. The molecule has 0 spiro atoms. The highest BCUT2D eigenvalue weighted by Gasteiger charge is 2.17. The average molecular weight is 276 g/mol. The van der Waals surface area contributed by atoms with Crippen LogP contribution in [-0.4, -0.2) is 48.7 Å². The van der Waals surface area contributed by atoms with E-state index >= 15 is 0 Å². The third-order valence-corrected chi connectivity index (χ3v) is 3.92. The maximum atomic E-state index is 10.6. The third kappa shape index (κ3) is 3.97. The van der Waals surface area contributed by atoms with Crippen LogP contribution in [0.25, 0.3) is 0 Å². The molecule has 110 valence electrons. The van der Waals surface area contributed by atoms with Crippen LogP contribution in [0.1, 0.15) is 31.7 Å². The Bertz CT molecular complexity index is 452. The summed E-state index contributed by atoms with van der Waals surface area (Å²) >= 11 is 0. The standard InChI is InChI=1S/C16H24N2O2/c1-13(2)14-4-3-5-15(12-14)18-10-8-17(9-11-18)7-6-16(19)20/h3-5,12-13H,6-11H2,1-2H3,(H,19,20). The van der Waals surface area contributed by atoms with Crippen molar-refractivity contribution in [3.8, 4) is 0 Å². The van der Waals surface area contributed by atoms with Gasteiger partial charge in [-0.25, -0.2) is 0 Å². The number of piperazine rings is 1. The number of anilines is 1. The van der Waals surface area contributed by atoms with E-state index in [0.29, 0.717) is 12.5 Å². The topological polar surface area (TPSA) is 43.8 Å². The molecule has 0 radical (unpaired) electrons. The Morgan fingerprint density at radius 1 is 1.25 bits per heavy atom. The van der Waals surface area contributed by atoms with Crippen LogP contribution < -0.4 is 4.90 Å². The van der Waals surface area contributed by atoms with Gasteiger partial charge in [0.05, 0.1) is 6.42 Å². The molecule has 20 heavy (non-hydrogen) atoms. The lowest BCUT2D eigenvalue weighted by Gasteiger charge is -2.36. The van der Waals surface area contributed by atoms with E-state index in [1.165, 1.54) is 11.3 Å². The van der Waals surface area contributed by atoms with Gasteiger partial charge < -0.3 is 10.0 Å². The van der Waals surface area contributed by atoms with Gasteiger partial charge in [0, 0.05) is 38.4 Å². The molecule has 1 N–H and O–H groups in total. The Hall–Kier alpha value is -1.55. The largest absolute Gasteiger partial charge is 0.481 e. The second-order valence-corrected chi connectivity index (χ2v) is 5.72. The van der Waals surface area contributed by atoms with Crippen LogP contribution in [0.4, 0.5) is 5.69 Å². The normalized spacial score (nSPS) is 16.6. The zero-order valence-corrected chi connectivity index (χ0v) is 12.4. The molecule has 2 rings (SSSR count). The second kappa shape index (κ2) is 6.75. The number of carbonyl (C=O) groups is 1. The van der Waals surface area contributed by atoms with Gasteiger partial charge in [-0.1, -0.05) is 26.0 Å². The van der Waals surface area contributed by atoms with Crippen molar-refractivity contribution in [1.82, 2.24) is 4.90 Å². The van der Waals surface area contributed by atoms with Crippen LogP contribution in [0.2, 0.25) is 0 Å². The Balaban J connectivity index is 1.90. The van der Waals surface area contributed by atoms with Crippen LogP contribution >= 0.6 is 0 Å². The predicted octanol–water partition coefficient (Wildman–Crippen LogP) is 2.41. The Kier molecular flexibility index (Phi) is 5.01. The summed E-state index contributed by atoms with van der Waals surface area (Å²) in [5, 5.41) is 8.72. The first kappa shape index (κ1) is 14.9. The SMILES string of the molecule is CC(C)c1cccc(N2CCN(CCC(=O)O)CC2)c1. The molecule has 1 aromatic carbocycles. The van der Waals surface area contributed by atoms with E-state index < -0.39 is 5.97 Å². The Morgan fingerprint density at radius 3 is 2.55 bits per heavy atom. The van der Waals surface area contributed by atoms with Crippen molar-refractivity contribution < 1.29 is 9.90 Å². The number of aliphatic carboxylic acids is 1. The van der Waals surface area contributed by atoms with Gasteiger partial charge in [-0.15, -0.1) is 0 Å². The van der Waals surface area contributed by atoms with Crippen LogP contribution in [0.5, 0.6) is 0 Å². The lowest BCUT2D eigenvalue weighted by Crippen LogP contribution is -2.46. The summed E-state index contributed by atoms with van der Waals surface area (Å²) in [5.74, 6) is -0.163. The van der Waals surface area contributed by atoms with Crippen LogP contribution in [0.3, 0.4) is 0 Å². The summed E-state index contributed by atoms with van der Waals surface area (Å²) in [6.45, 7) is 8.92. The number of carboxylic acid groups (broad SMARTS) is 1. The molecule has 1 saturated heterocycles. The Labute approximate surface area is 121 Å².